The van der Waals surface area contributed by atoms with E-state index < -0.39 is 0 Å². The summed E-state index contributed by atoms with van der Waals surface area (Å²) in [5.74, 6) is 2.30. The Kier molecular flexibility index (Phi) is 5.39. The third-order valence-corrected chi connectivity index (χ3v) is 4.93. The van der Waals surface area contributed by atoms with Crippen LogP contribution in [0.4, 0.5) is 11.6 Å². The van der Waals surface area contributed by atoms with Crippen molar-refractivity contribution in [2.24, 2.45) is 0 Å². The maximum absolute atomic E-state index is 5.53. The van der Waals surface area contributed by atoms with E-state index in [2.05, 4.69) is 21.3 Å². The van der Waals surface area contributed by atoms with Crippen LogP contribution in [-0.4, -0.2) is 35.6 Å². The van der Waals surface area contributed by atoms with Gasteiger partial charge in [0.15, 0.2) is 0 Å². The molecule has 0 amide bonds. The Bertz CT molecular complexity index is 947. The number of para-hydroxylation sites is 1. The largest absolute Gasteiger partial charge is 0.497 e. The van der Waals surface area contributed by atoms with Gasteiger partial charge in [0.2, 0.25) is 5.95 Å². The topological polar surface area (TPSA) is 59.5 Å². The molecule has 0 radical (unpaired) electrons. The zero-order chi connectivity index (χ0) is 19.3. The molecule has 0 saturated carbocycles. The molecule has 2 heterocycles. The number of fused-ring (bicyclic) bond motifs is 1. The predicted molar refractivity (Wildman–Crippen MR) is 109 cm³/mol. The molecule has 2 aromatic carbocycles. The first-order valence-corrected chi connectivity index (χ1v) is 9.35. The Hall–Kier alpha value is -3.12. The van der Waals surface area contributed by atoms with Crippen LogP contribution >= 0.6 is 0 Å². The summed E-state index contributed by atoms with van der Waals surface area (Å²) in [4.78, 5) is 11.6. The van der Waals surface area contributed by atoms with E-state index in [-0.39, 0.29) is 0 Å². The third kappa shape index (κ3) is 4.07. The number of nitrogens with one attached hydrogen (secondary N) is 1. The zero-order valence-corrected chi connectivity index (χ0v) is 16.2. The summed E-state index contributed by atoms with van der Waals surface area (Å²) in [6.45, 7) is 2.59. The Morgan fingerprint density at radius 3 is 2.71 bits per heavy atom. The SMILES string of the molecule is COc1ccc(CN2CCc3nc(Nc4ccccc4)ncc3C2)c(OC)c1. The summed E-state index contributed by atoms with van der Waals surface area (Å²) in [5.41, 5.74) is 4.44. The summed E-state index contributed by atoms with van der Waals surface area (Å²) < 4.78 is 10.8. The van der Waals surface area contributed by atoms with Gasteiger partial charge in [-0.15, -0.1) is 0 Å². The van der Waals surface area contributed by atoms with Crippen molar-refractivity contribution in [3.63, 3.8) is 0 Å². The van der Waals surface area contributed by atoms with Gasteiger partial charge in [-0.05, 0) is 18.2 Å². The Morgan fingerprint density at radius 1 is 1.07 bits per heavy atom. The summed E-state index contributed by atoms with van der Waals surface area (Å²) in [6.07, 6.45) is 2.84. The summed E-state index contributed by atoms with van der Waals surface area (Å²) in [7, 11) is 3.36. The van der Waals surface area contributed by atoms with Gasteiger partial charge in [-0.25, -0.2) is 9.97 Å². The minimum absolute atomic E-state index is 0.648. The Morgan fingerprint density at radius 2 is 1.93 bits per heavy atom. The highest BCUT2D eigenvalue weighted by Crippen LogP contribution is 2.28. The van der Waals surface area contributed by atoms with Gasteiger partial charge in [-0.1, -0.05) is 24.3 Å². The van der Waals surface area contributed by atoms with Crippen LogP contribution in [0.3, 0.4) is 0 Å². The second kappa shape index (κ2) is 8.27. The molecule has 28 heavy (non-hydrogen) atoms. The zero-order valence-electron chi connectivity index (χ0n) is 16.2. The van der Waals surface area contributed by atoms with Gasteiger partial charge in [0.25, 0.3) is 0 Å². The van der Waals surface area contributed by atoms with E-state index in [1.54, 1.807) is 14.2 Å². The van der Waals surface area contributed by atoms with Crippen LogP contribution in [-0.2, 0) is 19.5 Å². The van der Waals surface area contributed by atoms with Gasteiger partial charge in [0.05, 0.1) is 19.9 Å². The maximum Gasteiger partial charge on any atom is 0.227 e. The monoisotopic (exact) mass is 376 g/mol. The number of methoxy groups -OCH3 is 2. The fourth-order valence-electron chi connectivity index (χ4n) is 3.44. The molecule has 0 atom stereocenters. The molecule has 0 spiro atoms. The number of anilines is 2. The second-order valence-corrected chi connectivity index (χ2v) is 6.79. The number of rotatable bonds is 6. The lowest BCUT2D eigenvalue weighted by atomic mass is 10.1. The average molecular weight is 376 g/mol. The van der Waals surface area contributed by atoms with Crippen molar-refractivity contribution in [3.8, 4) is 11.5 Å². The van der Waals surface area contributed by atoms with Crippen molar-refractivity contribution < 1.29 is 9.47 Å². The predicted octanol–water partition coefficient (Wildman–Crippen LogP) is 3.80. The first kappa shape index (κ1) is 18.3. The number of hydrogen-bond acceptors (Lipinski definition) is 6. The van der Waals surface area contributed by atoms with Crippen molar-refractivity contribution in [2.45, 2.75) is 19.5 Å². The maximum atomic E-state index is 5.53. The molecule has 1 aliphatic rings. The Labute approximate surface area is 165 Å². The Balaban J connectivity index is 1.45. The van der Waals surface area contributed by atoms with Crippen molar-refractivity contribution in [2.75, 3.05) is 26.1 Å². The molecule has 0 saturated heterocycles. The highest BCUT2D eigenvalue weighted by atomic mass is 16.5. The molecule has 144 valence electrons. The van der Waals surface area contributed by atoms with Crippen LogP contribution < -0.4 is 14.8 Å². The molecular formula is C22H24N4O2. The normalized spacial score (nSPS) is 13.6. The third-order valence-electron chi connectivity index (χ3n) is 4.93. The minimum atomic E-state index is 0.648. The number of hydrogen-bond donors (Lipinski definition) is 1. The molecule has 6 heteroatoms. The lowest BCUT2D eigenvalue weighted by molar-refractivity contribution is 0.239. The van der Waals surface area contributed by atoms with E-state index in [9.17, 15) is 0 Å². The first-order chi connectivity index (χ1) is 13.7. The van der Waals surface area contributed by atoms with Gasteiger partial charge in [-0.2, -0.15) is 0 Å². The molecule has 4 rings (SSSR count). The average Bonchev–Trinajstić information content (AvgIpc) is 2.75. The van der Waals surface area contributed by atoms with E-state index in [0.717, 1.165) is 54.5 Å². The van der Waals surface area contributed by atoms with Crippen molar-refractivity contribution in [1.82, 2.24) is 14.9 Å². The van der Waals surface area contributed by atoms with Crippen molar-refractivity contribution in [3.05, 3.63) is 71.5 Å². The van der Waals surface area contributed by atoms with Crippen LogP contribution in [0.2, 0.25) is 0 Å². The molecule has 1 aliphatic heterocycles. The van der Waals surface area contributed by atoms with Gasteiger partial charge >= 0.3 is 0 Å². The molecular weight excluding hydrogens is 352 g/mol. The van der Waals surface area contributed by atoms with E-state index in [1.165, 1.54) is 5.56 Å². The molecule has 3 aromatic rings. The van der Waals surface area contributed by atoms with E-state index in [1.807, 2.05) is 48.7 Å². The lowest BCUT2D eigenvalue weighted by Gasteiger charge is -2.28. The summed E-state index contributed by atoms with van der Waals surface area (Å²) in [5, 5.41) is 3.27. The number of benzene rings is 2. The van der Waals surface area contributed by atoms with Gasteiger partial charge in [0.1, 0.15) is 11.5 Å². The van der Waals surface area contributed by atoms with Gasteiger partial charge in [0, 0.05) is 55.1 Å². The fourth-order valence-corrected chi connectivity index (χ4v) is 3.44. The molecule has 1 aromatic heterocycles. The lowest BCUT2D eigenvalue weighted by Crippen LogP contribution is -2.31. The first-order valence-electron chi connectivity index (χ1n) is 9.35. The standard InChI is InChI=1S/C22H24N4O2/c1-27-19-9-8-16(21(12-19)28-2)14-26-11-10-20-17(15-26)13-23-22(25-20)24-18-6-4-3-5-7-18/h3-9,12-13H,10-11,14-15H2,1-2H3,(H,23,24,25). The minimum Gasteiger partial charge on any atom is -0.497 e. The van der Waals surface area contributed by atoms with E-state index >= 15 is 0 Å². The van der Waals surface area contributed by atoms with Crippen LogP contribution in [0, 0.1) is 0 Å². The van der Waals surface area contributed by atoms with Gasteiger partial charge < -0.3 is 14.8 Å². The summed E-state index contributed by atoms with van der Waals surface area (Å²) >= 11 is 0. The highest BCUT2D eigenvalue weighted by molar-refractivity contribution is 5.53. The van der Waals surface area contributed by atoms with E-state index in [4.69, 9.17) is 14.5 Å². The molecule has 1 N–H and O–H groups in total. The molecule has 0 unspecified atom stereocenters. The number of nitrogens with zero attached hydrogens (tertiary/aromatic N) is 3. The van der Waals surface area contributed by atoms with Gasteiger partial charge in [-0.3, -0.25) is 4.90 Å². The number of ether oxygens (including phenoxy) is 2. The van der Waals surface area contributed by atoms with Crippen LogP contribution in [0.25, 0.3) is 0 Å². The number of aromatic nitrogens is 2. The fraction of sp³-hybridized carbons (Fsp3) is 0.273. The van der Waals surface area contributed by atoms with E-state index in [0.29, 0.717) is 5.95 Å². The quantitative estimate of drug-likeness (QED) is 0.706. The van der Waals surface area contributed by atoms with Crippen molar-refractivity contribution >= 4 is 11.6 Å². The molecule has 0 bridgehead atoms. The second-order valence-electron chi connectivity index (χ2n) is 6.79. The van der Waals surface area contributed by atoms with Crippen LogP contribution in [0.15, 0.2) is 54.7 Å². The summed E-state index contributed by atoms with van der Waals surface area (Å²) in [6, 6.07) is 16.0. The smallest absolute Gasteiger partial charge is 0.227 e. The molecule has 0 fully saturated rings. The highest BCUT2D eigenvalue weighted by Gasteiger charge is 2.20. The van der Waals surface area contributed by atoms with Crippen molar-refractivity contribution in [1.29, 1.82) is 0 Å². The molecule has 0 aliphatic carbocycles. The van der Waals surface area contributed by atoms with Crippen LogP contribution in [0.5, 0.6) is 11.5 Å². The van der Waals surface area contributed by atoms with Crippen LogP contribution in [0.1, 0.15) is 16.8 Å². The molecule has 6 nitrogen and oxygen atoms in total.